The van der Waals surface area contributed by atoms with E-state index in [-0.39, 0.29) is 18.4 Å². The summed E-state index contributed by atoms with van der Waals surface area (Å²) < 4.78 is 5.62. The molecule has 2 rings (SSSR count). The second-order valence-electron chi connectivity index (χ2n) is 5.30. The van der Waals surface area contributed by atoms with Crippen molar-refractivity contribution in [3.8, 4) is 5.75 Å². The molecule has 0 radical (unpaired) electrons. The van der Waals surface area contributed by atoms with E-state index in [1.807, 2.05) is 68.4 Å². The molecule has 0 aromatic heterocycles. The van der Waals surface area contributed by atoms with Crippen LogP contribution in [0, 0.1) is 0 Å². The van der Waals surface area contributed by atoms with Crippen molar-refractivity contribution in [2.24, 2.45) is 0 Å². The Hall–Kier alpha value is -2.29. The molecule has 0 aliphatic rings. The van der Waals surface area contributed by atoms with E-state index in [0.717, 1.165) is 16.9 Å². The van der Waals surface area contributed by atoms with Crippen molar-refractivity contribution in [1.29, 1.82) is 0 Å². The van der Waals surface area contributed by atoms with Gasteiger partial charge in [-0.1, -0.05) is 42.5 Å². The fraction of sp³-hybridized carbons (Fsp3) is 0.278. The van der Waals surface area contributed by atoms with E-state index in [2.05, 4.69) is 0 Å². The summed E-state index contributed by atoms with van der Waals surface area (Å²) in [5.41, 5.74) is 2.00. The van der Waals surface area contributed by atoms with Crippen LogP contribution in [0.2, 0.25) is 0 Å². The van der Waals surface area contributed by atoms with E-state index in [0.29, 0.717) is 0 Å². The summed E-state index contributed by atoms with van der Waals surface area (Å²) in [6.07, 6.45) is 0.203. The first kappa shape index (κ1) is 15.1. The van der Waals surface area contributed by atoms with Crippen LogP contribution in [-0.4, -0.2) is 17.2 Å². The van der Waals surface area contributed by atoms with E-state index in [9.17, 15) is 4.79 Å². The van der Waals surface area contributed by atoms with Gasteiger partial charge >= 0.3 is 5.97 Å². The Morgan fingerprint density at radius 3 is 2.10 bits per heavy atom. The van der Waals surface area contributed by atoms with Crippen molar-refractivity contribution >= 4 is 5.97 Å². The maximum atomic E-state index is 11.1. The number of carboxylic acids is 1. The molecule has 0 aliphatic heterocycles. The van der Waals surface area contributed by atoms with E-state index in [1.165, 1.54) is 0 Å². The van der Waals surface area contributed by atoms with Crippen LogP contribution in [0.1, 0.15) is 37.3 Å². The number of rotatable bonds is 6. The zero-order valence-corrected chi connectivity index (χ0v) is 12.3. The number of carboxylic acid groups (broad SMARTS) is 1. The Morgan fingerprint density at radius 1 is 1.00 bits per heavy atom. The van der Waals surface area contributed by atoms with E-state index in [1.54, 1.807) is 0 Å². The zero-order valence-electron chi connectivity index (χ0n) is 12.3. The Labute approximate surface area is 125 Å². The van der Waals surface area contributed by atoms with Crippen molar-refractivity contribution in [2.45, 2.75) is 32.3 Å². The molecule has 1 atom stereocenters. The van der Waals surface area contributed by atoms with Gasteiger partial charge < -0.3 is 9.84 Å². The molecule has 0 fully saturated rings. The lowest BCUT2D eigenvalue weighted by atomic mass is 9.88. The smallest absolute Gasteiger partial charge is 0.304 e. The summed E-state index contributed by atoms with van der Waals surface area (Å²) in [5.74, 6) is -0.140. The highest BCUT2D eigenvalue weighted by Crippen LogP contribution is 2.29. The van der Waals surface area contributed by atoms with Gasteiger partial charge in [-0.15, -0.1) is 0 Å². The molecule has 0 spiro atoms. The first-order valence-electron chi connectivity index (χ1n) is 7.09. The predicted octanol–water partition coefficient (Wildman–Crippen LogP) is 4.08. The van der Waals surface area contributed by atoms with Gasteiger partial charge in [0, 0.05) is 5.92 Å². The van der Waals surface area contributed by atoms with Crippen LogP contribution in [0.15, 0.2) is 54.6 Å². The molecule has 0 saturated heterocycles. The van der Waals surface area contributed by atoms with Crippen molar-refractivity contribution in [3.05, 3.63) is 65.7 Å². The number of aliphatic carboxylic acids is 1. The number of ether oxygens (including phenoxy) is 1. The minimum Gasteiger partial charge on any atom is -0.491 e. The molecule has 3 heteroatoms. The molecule has 0 amide bonds. The van der Waals surface area contributed by atoms with Gasteiger partial charge in [-0.3, -0.25) is 4.79 Å². The first-order chi connectivity index (χ1) is 10.1. The summed E-state index contributed by atoms with van der Waals surface area (Å²) in [7, 11) is 0. The molecule has 0 heterocycles. The number of hydrogen-bond donors (Lipinski definition) is 1. The summed E-state index contributed by atoms with van der Waals surface area (Å²) in [5, 5.41) is 9.16. The molecular weight excluding hydrogens is 264 g/mol. The van der Waals surface area contributed by atoms with E-state index < -0.39 is 5.97 Å². The average molecular weight is 284 g/mol. The molecule has 2 aromatic carbocycles. The molecular formula is C18H20O3. The lowest BCUT2D eigenvalue weighted by Crippen LogP contribution is -2.09. The fourth-order valence-electron chi connectivity index (χ4n) is 2.34. The third-order valence-corrected chi connectivity index (χ3v) is 3.23. The number of carbonyl (C=O) groups is 1. The monoisotopic (exact) mass is 284 g/mol. The van der Waals surface area contributed by atoms with Crippen molar-refractivity contribution in [3.63, 3.8) is 0 Å². The predicted molar refractivity (Wildman–Crippen MR) is 82.7 cm³/mol. The maximum absolute atomic E-state index is 11.1. The summed E-state index contributed by atoms with van der Waals surface area (Å²) in [4.78, 5) is 11.1. The van der Waals surface area contributed by atoms with Gasteiger partial charge in [-0.2, -0.15) is 0 Å². The SMILES string of the molecule is CC(C)Oc1ccc(C(CC(=O)O)c2ccccc2)cc1. The normalized spacial score (nSPS) is 12.1. The number of benzene rings is 2. The largest absolute Gasteiger partial charge is 0.491 e. The minimum absolute atomic E-state index is 0.0778. The highest BCUT2D eigenvalue weighted by Gasteiger charge is 2.17. The van der Waals surface area contributed by atoms with E-state index >= 15 is 0 Å². The van der Waals surface area contributed by atoms with Crippen molar-refractivity contribution < 1.29 is 14.6 Å². The second-order valence-corrected chi connectivity index (χ2v) is 5.30. The van der Waals surface area contributed by atoms with Gasteiger partial charge in [-0.05, 0) is 37.1 Å². The number of hydrogen-bond acceptors (Lipinski definition) is 2. The van der Waals surface area contributed by atoms with Gasteiger partial charge in [0.15, 0.2) is 0 Å². The summed E-state index contributed by atoms with van der Waals surface area (Å²) in [6.45, 7) is 3.95. The lowest BCUT2D eigenvalue weighted by molar-refractivity contribution is -0.137. The molecule has 0 saturated carbocycles. The second kappa shape index (κ2) is 6.93. The lowest BCUT2D eigenvalue weighted by Gasteiger charge is -2.17. The molecule has 3 nitrogen and oxygen atoms in total. The van der Waals surface area contributed by atoms with Crippen LogP contribution in [0.25, 0.3) is 0 Å². The Bertz CT molecular complexity index is 573. The maximum Gasteiger partial charge on any atom is 0.304 e. The molecule has 1 unspecified atom stereocenters. The average Bonchev–Trinajstić information content (AvgIpc) is 2.46. The minimum atomic E-state index is -0.800. The molecule has 0 aliphatic carbocycles. The Balaban J connectivity index is 2.27. The molecule has 0 bridgehead atoms. The third-order valence-electron chi connectivity index (χ3n) is 3.23. The van der Waals surface area contributed by atoms with Crippen molar-refractivity contribution in [2.75, 3.05) is 0 Å². The van der Waals surface area contributed by atoms with Gasteiger partial charge in [-0.25, -0.2) is 0 Å². The van der Waals surface area contributed by atoms with Gasteiger partial charge in [0.05, 0.1) is 12.5 Å². The van der Waals surface area contributed by atoms with Crippen LogP contribution >= 0.6 is 0 Å². The Morgan fingerprint density at radius 2 is 1.57 bits per heavy atom. The van der Waals surface area contributed by atoms with Crippen LogP contribution in [0.4, 0.5) is 0 Å². The van der Waals surface area contributed by atoms with Crippen LogP contribution in [0.3, 0.4) is 0 Å². The van der Waals surface area contributed by atoms with Crippen molar-refractivity contribution in [1.82, 2.24) is 0 Å². The van der Waals surface area contributed by atoms with E-state index in [4.69, 9.17) is 9.84 Å². The van der Waals surface area contributed by atoms with Crippen LogP contribution in [0.5, 0.6) is 5.75 Å². The fourth-order valence-corrected chi connectivity index (χ4v) is 2.34. The molecule has 2 aromatic rings. The van der Waals surface area contributed by atoms with Crippen LogP contribution in [-0.2, 0) is 4.79 Å². The molecule has 110 valence electrons. The third kappa shape index (κ3) is 4.35. The summed E-state index contributed by atoms with van der Waals surface area (Å²) >= 11 is 0. The Kier molecular flexibility index (Phi) is 4.99. The van der Waals surface area contributed by atoms with Gasteiger partial charge in [0.2, 0.25) is 0 Å². The van der Waals surface area contributed by atoms with Gasteiger partial charge in [0.25, 0.3) is 0 Å². The topological polar surface area (TPSA) is 46.5 Å². The molecule has 21 heavy (non-hydrogen) atoms. The zero-order chi connectivity index (χ0) is 15.2. The standard InChI is InChI=1S/C18H20O3/c1-13(2)21-16-10-8-15(9-11-16)17(12-18(19)20)14-6-4-3-5-7-14/h3-11,13,17H,12H2,1-2H3,(H,19,20). The highest BCUT2D eigenvalue weighted by atomic mass is 16.5. The highest BCUT2D eigenvalue weighted by molar-refractivity contribution is 5.69. The molecule has 1 N–H and O–H groups in total. The first-order valence-corrected chi connectivity index (χ1v) is 7.09. The van der Waals surface area contributed by atoms with Crippen LogP contribution < -0.4 is 4.74 Å². The summed E-state index contributed by atoms with van der Waals surface area (Å²) in [6, 6.07) is 17.4. The van der Waals surface area contributed by atoms with Gasteiger partial charge in [0.1, 0.15) is 5.75 Å². The quantitative estimate of drug-likeness (QED) is 0.869.